The van der Waals surface area contributed by atoms with Gasteiger partial charge in [0.1, 0.15) is 12.6 Å². The summed E-state index contributed by atoms with van der Waals surface area (Å²) in [6.45, 7) is 9.71. The minimum Gasteiger partial charge on any atom is -0.354 e. The molecule has 7 nitrogen and oxygen atoms in total. The number of amides is 2. The predicted molar refractivity (Wildman–Crippen MR) is 132 cm³/mol. The summed E-state index contributed by atoms with van der Waals surface area (Å²) in [5, 5.41) is 2.87. The number of hydrogen-bond acceptors (Lipinski definition) is 4. The average molecular weight is 474 g/mol. The Bertz CT molecular complexity index is 1080. The molecule has 180 valence electrons. The number of anilines is 1. The lowest BCUT2D eigenvalue weighted by molar-refractivity contribution is -0.139. The normalized spacial score (nSPS) is 12.3. The van der Waals surface area contributed by atoms with Gasteiger partial charge in [-0.3, -0.25) is 13.9 Å². The van der Waals surface area contributed by atoms with Gasteiger partial charge >= 0.3 is 0 Å². The molecule has 2 amide bonds. The Labute approximate surface area is 197 Å². The molecule has 0 saturated carbocycles. The Morgan fingerprint density at radius 2 is 1.67 bits per heavy atom. The van der Waals surface area contributed by atoms with Crippen LogP contribution in [0.1, 0.15) is 37.5 Å². The van der Waals surface area contributed by atoms with Crippen molar-refractivity contribution in [1.82, 2.24) is 10.2 Å². The second-order valence-electron chi connectivity index (χ2n) is 8.88. The highest BCUT2D eigenvalue weighted by molar-refractivity contribution is 7.92. The van der Waals surface area contributed by atoms with E-state index in [1.54, 1.807) is 32.0 Å². The Morgan fingerprint density at radius 3 is 2.24 bits per heavy atom. The average Bonchev–Trinajstić information content (AvgIpc) is 2.73. The van der Waals surface area contributed by atoms with Gasteiger partial charge in [-0.25, -0.2) is 8.42 Å². The zero-order valence-corrected chi connectivity index (χ0v) is 21.1. The lowest BCUT2D eigenvalue weighted by Gasteiger charge is -2.32. The summed E-state index contributed by atoms with van der Waals surface area (Å²) < 4.78 is 26.3. The van der Waals surface area contributed by atoms with Crippen LogP contribution < -0.4 is 9.62 Å². The fourth-order valence-electron chi connectivity index (χ4n) is 3.48. The molecule has 1 atom stereocenters. The van der Waals surface area contributed by atoms with Gasteiger partial charge in [-0.2, -0.15) is 0 Å². The van der Waals surface area contributed by atoms with E-state index >= 15 is 0 Å². The van der Waals surface area contributed by atoms with E-state index in [1.807, 2.05) is 51.1 Å². The number of carbonyl (C=O) groups excluding carboxylic acids is 2. The topological polar surface area (TPSA) is 86.8 Å². The quantitative estimate of drug-likeness (QED) is 0.574. The first-order valence-electron chi connectivity index (χ1n) is 11.1. The van der Waals surface area contributed by atoms with Gasteiger partial charge in [0.05, 0.1) is 11.9 Å². The molecular formula is C25H35N3O4S. The Hall–Kier alpha value is -2.87. The van der Waals surface area contributed by atoms with Crippen LogP contribution in [0.2, 0.25) is 0 Å². The number of benzene rings is 2. The molecule has 0 aliphatic heterocycles. The van der Waals surface area contributed by atoms with E-state index in [2.05, 4.69) is 5.32 Å². The number of sulfonamides is 1. The van der Waals surface area contributed by atoms with E-state index in [4.69, 9.17) is 0 Å². The molecule has 1 N–H and O–H groups in total. The monoisotopic (exact) mass is 473 g/mol. The zero-order valence-electron chi connectivity index (χ0n) is 20.3. The fraction of sp³-hybridized carbons (Fsp3) is 0.440. The minimum atomic E-state index is -3.73. The molecule has 0 unspecified atom stereocenters. The van der Waals surface area contributed by atoms with Crippen molar-refractivity contribution in [3.8, 4) is 0 Å². The number of nitrogens with one attached hydrogen (secondary N) is 1. The molecule has 0 aliphatic rings. The van der Waals surface area contributed by atoms with Crippen molar-refractivity contribution in [1.29, 1.82) is 0 Å². The molecule has 0 radical (unpaired) electrons. The number of carbonyl (C=O) groups is 2. The summed E-state index contributed by atoms with van der Waals surface area (Å²) in [5.74, 6) is -0.451. The summed E-state index contributed by atoms with van der Waals surface area (Å²) in [7, 11) is -3.73. The molecule has 0 aliphatic carbocycles. The molecule has 33 heavy (non-hydrogen) atoms. The summed E-state index contributed by atoms with van der Waals surface area (Å²) in [6, 6.07) is 13.9. The molecule has 0 bridgehead atoms. The molecule has 2 aromatic carbocycles. The van der Waals surface area contributed by atoms with Crippen molar-refractivity contribution in [2.24, 2.45) is 5.92 Å². The minimum absolute atomic E-state index is 0.197. The van der Waals surface area contributed by atoms with Crippen molar-refractivity contribution in [3.63, 3.8) is 0 Å². The lowest BCUT2D eigenvalue weighted by Crippen LogP contribution is -2.51. The van der Waals surface area contributed by atoms with Crippen LogP contribution in [0.25, 0.3) is 0 Å². The Kier molecular flexibility index (Phi) is 9.05. The van der Waals surface area contributed by atoms with Crippen LogP contribution in [-0.4, -0.2) is 50.5 Å². The van der Waals surface area contributed by atoms with Crippen molar-refractivity contribution in [2.75, 3.05) is 23.7 Å². The maximum absolute atomic E-state index is 13.5. The van der Waals surface area contributed by atoms with Gasteiger partial charge < -0.3 is 10.2 Å². The second-order valence-corrected chi connectivity index (χ2v) is 10.8. The van der Waals surface area contributed by atoms with Crippen molar-refractivity contribution in [2.45, 2.75) is 47.2 Å². The van der Waals surface area contributed by atoms with Crippen LogP contribution >= 0.6 is 0 Å². The molecule has 0 spiro atoms. The molecule has 0 heterocycles. The van der Waals surface area contributed by atoms with Crippen LogP contribution in [0.3, 0.4) is 0 Å². The molecule has 0 aromatic heterocycles. The van der Waals surface area contributed by atoms with Crippen molar-refractivity contribution in [3.05, 3.63) is 65.2 Å². The number of nitrogens with zero attached hydrogens (tertiary/aromatic N) is 2. The van der Waals surface area contributed by atoms with E-state index in [1.165, 1.54) is 4.90 Å². The maximum atomic E-state index is 13.5. The van der Waals surface area contributed by atoms with Gasteiger partial charge in [-0.05, 0) is 43.9 Å². The Balaban J connectivity index is 2.38. The highest BCUT2D eigenvalue weighted by atomic mass is 32.2. The van der Waals surface area contributed by atoms with Crippen LogP contribution in [0, 0.1) is 19.8 Å². The van der Waals surface area contributed by atoms with Gasteiger partial charge in [0, 0.05) is 13.1 Å². The summed E-state index contributed by atoms with van der Waals surface area (Å²) >= 11 is 0. The van der Waals surface area contributed by atoms with Gasteiger partial charge in [0.25, 0.3) is 0 Å². The standard InChI is InChI=1S/C25H35N3O4S/c1-18(2)15-26-25(30)21(5)27(16-22-12-9-10-19(3)14-22)24(29)17-28(33(6,31)32)23-13-8-7-11-20(23)4/h7-14,18,21H,15-17H2,1-6H3,(H,26,30)/t21-/m0/s1. The third-order valence-electron chi connectivity index (χ3n) is 5.35. The highest BCUT2D eigenvalue weighted by Crippen LogP contribution is 2.23. The molecule has 2 aromatic rings. The third kappa shape index (κ3) is 7.60. The van der Waals surface area contributed by atoms with E-state index in [0.717, 1.165) is 27.3 Å². The molecule has 2 rings (SSSR count). The first kappa shape index (κ1) is 26.4. The van der Waals surface area contributed by atoms with Crippen LogP contribution in [0.5, 0.6) is 0 Å². The maximum Gasteiger partial charge on any atom is 0.244 e. The molecule has 0 saturated heterocycles. The highest BCUT2D eigenvalue weighted by Gasteiger charge is 2.30. The van der Waals surface area contributed by atoms with Gasteiger partial charge in [0.15, 0.2) is 0 Å². The first-order chi connectivity index (χ1) is 15.4. The molecular weight excluding hydrogens is 438 g/mol. The summed E-state index contributed by atoms with van der Waals surface area (Å²) in [5.41, 5.74) is 3.09. The zero-order chi connectivity index (χ0) is 24.8. The van der Waals surface area contributed by atoms with E-state index in [-0.39, 0.29) is 18.4 Å². The Morgan fingerprint density at radius 1 is 1.00 bits per heavy atom. The van der Waals surface area contributed by atoms with Crippen LogP contribution in [0.4, 0.5) is 5.69 Å². The fourth-order valence-corrected chi connectivity index (χ4v) is 4.39. The van der Waals surface area contributed by atoms with Gasteiger partial charge in [-0.15, -0.1) is 0 Å². The summed E-state index contributed by atoms with van der Waals surface area (Å²) in [6.07, 6.45) is 1.08. The number of rotatable bonds is 10. The van der Waals surface area contributed by atoms with Crippen molar-refractivity contribution < 1.29 is 18.0 Å². The van der Waals surface area contributed by atoms with E-state index < -0.39 is 28.5 Å². The summed E-state index contributed by atoms with van der Waals surface area (Å²) in [4.78, 5) is 27.8. The van der Waals surface area contributed by atoms with Crippen LogP contribution in [-0.2, 0) is 26.2 Å². The van der Waals surface area contributed by atoms with E-state index in [9.17, 15) is 18.0 Å². The van der Waals surface area contributed by atoms with Gasteiger partial charge in [0.2, 0.25) is 21.8 Å². The largest absolute Gasteiger partial charge is 0.354 e. The molecule has 0 fully saturated rings. The van der Waals surface area contributed by atoms with Crippen molar-refractivity contribution >= 4 is 27.5 Å². The van der Waals surface area contributed by atoms with E-state index in [0.29, 0.717) is 12.2 Å². The van der Waals surface area contributed by atoms with Crippen LogP contribution in [0.15, 0.2) is 48.5 Å². The smallest absolute Gasteiger partial charge is 0.244 e. The SMILES string of the molecule is Cc1cccc(CN(C(=O)CN(c2ccccc2C)S(C)(=O)=O)[C@@H](C)C(=O)NCC(C)C)c1. The number of hydrogen-bond donors (Lipinski definition) is 1. The number of para-hydroxylation sites is 1. The predicted octanol–water partition coefficient (Wildman–Crippen LogP) is 3.26. The van der Waals surface area contributed by atoms with Gasteiger partial charge in [-0.1, -0.05) is 61.9 Å². The third-order valence-corrected chi connectivity index (χ3v) is 6.48. The molecule has 8 heteroatoms. The number of aryl methyl sites for hydroxylation is 2. The second kappa shape index (κ2) is 11.3. The lowest BCUT2D eigenvalue weighted by atomic mass is 10.1. The first-order valence-corrected chi connectivity index (χ1v) is 12.9.